The third-order valence-electron chi connectivity index (χ3n) is 2.17. The fourth-order valence-electron chi connectivity index (χ4n) is 1.33. The van der Waals surface area contributed by atoms with Crippen LogP contribution in [0.15, 0.2) is 34.9 Å². The molecule has 1 heterocycles. The van der Waals surface area contributed by atoms with Gasteiger partial charge in [0.1, 0.15) is 5.75 Å². The summed E-state index contributed by atoms with van der Waals surface area (Å²) in [7, 11) is 1.59. The van der Waals surface area contributed by atoms with Crippen LogP contribution >= 0.6 is 0 Å². The van der Waals surface area contributed by atoms with E-state index < -0.39 is 0 Å². The highest BCUT2D eigenvalue weighted by atomic mass is 16.5. The number of rotatable bonds is 3. The maximum Gasteiger partial charge on any atom is 0.227 e. The lowest BCUT2D eigenvalue weighted by atomic mass is 10.2. The minimum Gasteiger partial charge on any atom is -0.497 e. The van der Waals surface area contributed by atoms with E-state index in [1.54, 1.807) is 13.2 Å². The molecule has 1 aromatic carbocycles. The first kappa shape index (κ1) is 10.4. The zero-order valence-electron chi connectivity index (χ0n) is 9.06. The molecule has 0 aliphatic rings. The molecule has 0 radical (unpaired) electrons. The predicted octanol–water partition coefficient (Wildman–Crippen LogP) is 2.55. The molecule has 16 heavy (non-hydrogen) atoms. The van der Waals surface area contributed by atoms with Crippen LogP contribution in [0.2, 0.25) is 0 Å². The number of hydrogen-bond acceptors (Lipinski definition) is 4. The van der Waals surface area contributed by atoms with Gasteiger partial charge in [-0.2, -0.15) is 0 Å². The maximum atomic E-state index is 11.1. The van der Waals surface area contributed by atoms with Gasteiger partial charge in [0.05, 0.1) is 13.3 Å². The number of carbonyl (C=O) groups is 1. The van der Waals surface area contributed by atoms with Crippen molar-refractivity contribution >= 4 is 5.78 Å². The largest absolute Gasteiger partial charge is 0.497 e. The van der Waals surface area contributed by atoms with Gasteiger partial charge in [-0.3, -0.25) is 4.79 Å². The van der Waals surface area contributed by atoms with Crippen LogP contribution in [0, 0.1) is 0 Å². The number of ether oxygens (including phenoxy) is 1. The van der Waals surface area contributed by atoms with Gasteiger partial charge < -0.3 is 9.15 Å². The second kappa shape index (κ2) is 4.18. The molecule has 1 aromatic heterocycles. The van der Waals surface area contributed by atoms with E-state index in [4.69, 9.17) is 9.15 Å². The van der Waals surface area contributed by atoms with Gasteiger partial charge in [-0.15, -0.1) is 0 Å². The smallest absolute Gasteiger partial charge is 0.227 e. The van der Waals surface area contributed by atoms with E-state index in [1.807, 2.05) is 18.2 Å². The summed E-state index contributed by atoms with van der Waals surface area (Å²) in [6.07, 6.45) is 1.43. The number of carbonyl (C=O) groups excluding carboxylic acids is 1. The SMILES string of the molecule is COc1cccc(-c2ncc(C(C)=O)o2)c1. The second-order valence-corrected chi connectivity index (χ2v) is 3.32. The van der Waals surface area contributed by atoms with Crippen LogP contribution in [0.1, 0.15) is 17.5 Å². The van der Waals surface area contributed by atoms with Crippen LogP contribution in [0.4, 0.5) is 0 Å². The van der Waals surface area contributed by atoms with E-state index >= 15 is 0 Å². The number of ketones is 1. The average Bonchev–Trinajstić information content (AvgIpc) is 2.78. The third kappa shape index (κ3) is 1.95. The summed E-state index contributed by atoms with van der Waals surface area (Å²) >= 11 is 0. The van der Waals surface area contributed by atoms with Gasteiger partial charge in [0.2, 0.25) is 5.89 Å². The molecule has 4 heteroatoms. The Morgan fingerprint density at radius 2 is 2.25 bits per heavy atom. The van der Waals surface area contributed by atoms with Crippen molar-refractivity contribution in [2.45, 2.75) is 6.92 Å². The fourth-order valence-corrected chi connectivity index (χ4v) is 1.33. The number of Topliss-reactive ketones (excluding diaryl/α,β-unsaturated/α-hetero) is 1. The molecule has 0 aliphatic heterocycles. The Balaban J connectivity index is 2.38. The number of aromatic nitrogens is 1. The predicted molar refractivity (Wildman–Crippen MR) is 58.5 cm³/mol. The van der Waals surface area contributed by atoms with Crippen molar-refractivity contribution in [1.29, 1.82) is 0 Å². The highest BCUT2D eigenvalue weighted by molar-refractivity contribution is 5.91. The van der Waals surface area contributed by atoms with Gasteiger partial charge in [0.25, 0.3) is 0 Å². The Kier molecular flexibility index (Phi) is 2.72. The van der Waals surface area contributed by atoms with E-state index in [1.165, 1.54) is 13.1 Å². The van der Waals surface area contributed by atoms with Gasteiger partial charge >= 0.3 is 0 Å². The molecular weight excluding hydrogens is 206 g/mol. The second-order valence-electron chi connectivity index (χ2n) is 3.32. The molecule has 0 bridgehead atoms. The summed E-state index contributed by atoms with van der Waals surface area (Å²) in [5.74, 6) is 1.27. The Labute approximate surface area is 92.9 Å². The molecule has 0 amide bonds. The van der Waals surface area contributed by atoms with E-state index in [2.05, 4.69) is 4.98 Å². The van der Waals surface area contributed by atoms with E-state index in [-0.39, 0.29) is 11.5 Å². The Morgan fingerprint density at radius 3 is 2.88 bits per heavy atom. The van der Waals surface area contributed by atoms with Crippen molar-refractivity contribution in [2.24, 2.45) is 0 Å². The topological polar surface area (TPSA) is 52.3 Å². The Hall–Kier alpha value is -2.10. The molecule has 4 nitrogen and oxygen atoms in total. The van der Waals surface area contributed by atoms with Crippen LogP contribution in [0.3, 0.4) is 0 Å². The molecular formula is C12H11NO3. The van der Waals surface area contributed by atoms with Crippen molar-refractivity contribution < 1.29 is 13.9 Å². The first-order valence-corrected chi connectivity index (χ1v) is 4.82. The third-order valence-corrected chi connectivity index (χ3v) is 2.17. The number of benzene rings is 1. The number of hydrogen-bond donors (Lipinski definition) is 0. The number of oxazole rings is 1. The van der Waals surface area contributed by atoms with Crippen LogP contribution in [-0.2, 0) is 0 Å². The van der Waals surface area contributed by atoms with Crippen molar-refractivity contribution in [2.75, 3.05) is 7.11 Å². The lowest BCUT2D eigenvalue weighted by Gasteiger charge is -2.00. The number of nitrogens with zero attached hydrogens (tertiary/aromatic N) is 1. The lowest BCUT2D eigenvalue weighted by Crippen LogP contribution is -1.86. The van der Waals surface area contributed by atoms with Crippen molar-refractivity contribution in [3.05, 3.63) is 36.2 Å². The maximum absolute atomic E-state index is 11.1. The standard InChI is InChI=1S/C12H11NO3/c1-8(14)11-7-13-12(16-11)9-4-3-5-10(6-9)15-2/h3-7H,1-2H3. The summed E-state index contributed by atoms with van der Waals surface area (Å²) in [5, 5.41) is 0. The molecule has 82 valence electrons. The number of methoxy groups -OCH3 is 1. The van der Waals surface area contributed by atoms with Gasteiger partial charge in [0.15, 0.2) is 11.5 Å². The normalized spacial score (nSPS) is 10.1. The quantitative estimate of drug-likeness (QED) is 0.741. The zero-order chi connectivity index (χ0) is 11.5. The Morgan fingerprint density at radius 1 is 1.44 bits per heavy atom. The molecule has 0 unspecified atom stereocenters. The van der Waals surface area contributed by atoms with Crippen molar-refractivity contribution in [1.82, 2.24) is 4.98 Å². The first-order valence-electron chi connectivity index (χ1n) is 4.82. The summed E-state index contributed by atoms with van der Waals surface area (Å²) in [6, 6.07) is 7.32. The van der Waals surface area contributed by atoms with Crippen molar-refractivity contribution in [3.8, 4) is 17.2 Å². The summed E-state index contributed by atoms with van der Waals surface area (Å²) < 4.78 is 10.4. The molecule has 0 atom stereocenters. The van der Waals surface area contributed by atoms with E-state index in [9.17, 15) is 4.79 Å². The molecule has 0 N–H and O–H groups in total. The van der Waals surface area contributed by atoms with Crippen molar-refractivity contribution in [3.63, 3.8) is 0 Å². The van der Waals surface area contributed by atoms with Crippen LogP contribution in [0.25, 0.3) is 11.5 Å². The molecule has 0 saturated carbocycles. The van der Waals surface area contributed by atoms with Gasteiger partial charge in [0, 0.05) is 12.5 Å². The monoisotopic (exact) mass is 217 g/mol. The first-order chi connectivity index (χ1) is 7.70. The average molecular weight is 217 g/mol. The summed E-state index contributed by atoms with van der Waals surface area (Å²) in [6.45, 7) is 1.44. The highest BCUT2D eigenvalue weighted by Crippen LogP contribution is 2.23. The van der Waals surface area contributed by atoms with E-state index in [0.29, 0.717) is 5.89 Å². The van der Waals surface area contributed by atoms with Crippen LogP contribution in [0.5, 0.6) is 5.75 Å². The lowest BCUT2D eigenvalue weighted by molar-refractivity contribution is 0.0988. The minimum absolute atomic E-state index is 0.137. The zero-order valence-corrected chi connectivity index (χ0v) is 9.06. The molecule has 0 fully saturated rings. The van der Waals surface area contributed by atoms with Gasteiger partial charge in [-0.05, 0) is 18.2 Å². The highest BCUT2D eigenvalue weighted by Gasteiger charge is 2.09. The molecule has 2 aromatic rings. The van der Waals surface area contributed by atoms with Gasteiger partial charge in [-0.1, -0.05) is 6.07 Å². The van der Waals surface area contributed by atoms with Crippen LogP contribution < -0.4 is 4.74 Å². The Bertz CT molecular complexity index is 516. The molecule has 0 aliphatic carbocycles. The van der Waals surface area contributed by atoms with E-state index in [0.717, 1.165) is 11.3 Å². The summed E-state index contributed by atoms with van der Waals surface area (Å²) in [5.41, 5.74) is 0.784. The molecule has 0 spiro atoms. The summed E-state index contributed by atoms with van der Waals surface area (Å²) in [4.78, 5) is 15.1. The van der Waals surface area contributed by atoms with Crippen LogP contribution in [-0.4, -0.2) is 17.9 Å². The molecule has 0 saturated heterocycles. The fraction of sp³-hybridized carbons (Fsp3) is 0.167. The molecule has 2 rings (SSSR count). The van der Waals surface area contributed by atoms with Gasteiger partial charge in [-0.25, -0.2) is 4.98 Å². The minimum atomic E-state index is -0.137.